The first kappa shape index (κ1) is 12.2. The Morgan fingerprint density at radius 1 is 1.26 bits per heavy atom. The summed E-state index contributed by atoms with van der Waals surface area (Å²) >= 11 is 1.78. The van der Waals surface area contributed by atoms with Crippen molar-refractivity contribution in [1.82, 2.24) is 9.78 Å². The largest absolute Gasteiger partial charge is 0.379 e. The second-order valence-electron chi connectivity index (χ2n) is 4.57. The molecule has 2 aromatic heterocycles. The van der Waals surface area contributed by atoms with Gasteiger partial charge in [0.2, 0.25) is 0 Å². The van der Waals surface area contributed by atoms with Crippen LogP contribution in [0.4, 0.5) is 5.69 Å². The molecule has 0 fully saturated rings. The van der Waals surface area contributed by atoms with Crippen molar-refractivity contribution >= 4 is 27.1 Å². The molecular formula is C15H17N3S. The summed E-state index contributed by atoms with van der Waals surface area (Å²) in [5.74, 6) is 0. The Morgan fingerprint density at radius 2 is 2.21 bits per heavy atom. The van der Waals surface area contributed by atoms with E-state index in [-0.39, 0.29) is 0 Å². The van der Waals surface area contributed by atoms with Gasteiger partial charge in [0.05, 0.1) is 12.2 Å². The van der Waals surface area contributed by atoms with E-state index < -0.39 is 0 Å². The normalized spacial score (nSPS) is 11.0. The SMILES string of the molecule is CCCn1nccc1CNc1ccc2sccc2c1. The molecular weight excluding hydrogens is 254 g/mol. The molecule has 4 heteroatoms. The molecule has 0 spiro atoms. The second-order valence-corrected chi connectivity index (χ2v) is 5.52. The number of nitrogens with one attached hydrogen (secondary N) is 1. The molecule has 0 amide bonds. The Hall–Kier alpha value is -1.81. The molecule has 0 atom stereocenters. The molecule has 0 aliphatic carbocycles. The van der Waals surface area contributed by atoms with Crippen LogP contribution in [0.5, 0.6) is 0 Å². The summed E-state index contributed by atoms with van der Waals surface area (Å²) in [4.78, 5) is 0. The van der Waals surface area contributed by atoms with E-state index in [9.17, 15) is 0 Å². The van der Waals surface area contributed by atoms with Gasteiger partial charge >= 0.3 is 0 Å². The third kappa shape index (κ3) is 2.63. The van der Waals surface area contributed by atoms with E-state index in [0.29, 0.717) is 0 Å². The summed E-state index contributed by atoms with van der Waals surface area (Å²) in [6.45, 7) is 3.96. The first-order valence-electron chi connectivity index (χ1n) is 6.58. The predicted molar refractivity (Wildman–Crippen MR) is 81.7 cm³/mol. The van der Waals surface area contributed by atoms with Gasteiger partial charge in [0, 0.05) is 23.1 Å². The zero-order valence-electron chi connectivity index (χ0n) is 11.0. The Labute approximate surface area is 116 Å². The molecule has 3 nitrogen and oxygen atoms in total. The molecule has 19 heavy (non-hydrogen) atoms. The van der Waals surface area contributed by atoms with Crippen molar-refractivity contribution in [2.45, 2.75) is 26.4 Å². The molecule has 98 valence electrons. The van der Waals surface area contributed by atoms with Gasteiger partial charge in [-0.2, -0.15) is 5.10 Å². The minimum absolute atomic E-state index is 0.815. The van der Waals surface area contributed by atoms with Gasteiger partial charge in [0.15, 0.2) is 0 Å². The van der Waals surface area contributed by atoms with Gasteiger partial charge in [0.25, 0.3) is 0 Å². The Morgan fingerprint density at radius 3 is 3.11 bits per heavy atom. The monoisotopic (exact) mass is 271 g/mol. The van der Waals surface area contributed by atoms with Crippen molar-refractivity contribution in [1.29, 1.82) is 0 Å². The van der Waals surface area contributed by atoms with Crippen LogP contribution in [0, 0.1) is 0 Å². The highest BCUT2D eigenvalue weighted by molar-refractivity contribution is 7.17. The van der Waals surface area contributed by atoms with Crippen molar-refractivity contribution in [2.75, 3.05) is 5.32 Å². The van der Waals surface area contributed by atoms with E-state index >= 15 is 0 Å². The maximum Gasteiger partial charge on any atom is 0.0575 e. The average molecular weight is 271 g/mol. The first-order chi connectivity index (χ1) is 9.36. The predicted octanol–water partition coefficient (Wildman–Crippen LogP) is 4.12. The maximum absolute atomic E-state index is 4.34. The number of anilines is 1. The van der Waals surface area contributed by atoms with Crippen LogP contribution in [0.2, 0.25) is 0 Å². The quantitative estimate of drug-likeness (QED) is 0.756. The zero-order chi connectivity index (χ0) is 13.1. The number of hydrogen-bond acceptors (Lipinski definition) is 3. The number of hydrogen-bond donors (Lipinski definition) is 1. The van der Waals surface area contributed by atoms with Gasteiger partial charge in [-0.3, -0.25) is 4.68 Å². The average Bonchev–Trinajstić information content (AvgIpc) is 3.05. The topological polar surface area (TPSA) is 29.9 Å². The highest BCUT2D eigenvalue weighted by Crippen LogP contribution is 2.24. The number of fused-ring (bicyclic) bond motifs is 1. The van der Waals surface area contributed by atoms with E-state index in [1.165, 1.54) is 15.8 Å². The molecule has 0 bridgehead atoms. The van der Waals surface area contributed by atoms with E-state index in [1.807, 2.05) is 6.20 Å². The second kappa shape index (κ2) is 5.45. The van der Waals surface area contributed by atoms with Gasteiger partial charge in [-0.1, -0.05) is 6.92 Å². The van der Waals surface area contributed by atoms with Crippen LogP contribution in [-0.4, -0.2) is 9.78 Å². The van der Waals surface area contributed by atoms with Gasteiger partial charge in [0.1, 0.15) is 0 Å². The summed E-state index contributed by atoms with van der Waals surface area (Å²) in [5.41, 5.74) is 2.39. The van der Waals surface area contributed by atoms with Crippen molar-refractivity contribution in [3.05, 3.63) is 47.6 Å². The number of thiophene rings is 1. The van der Waals surface area contributed by atoms with Gasteiger partial charge in [-0.15, -0.1) is 11.3 Å². The summed E-state index contributed by atoms with van der Waals surface area (Å²) < 4.78 is 3.40. The van der Waals surface area contributed by atoms with Crippen molar-refractivity contribution < 1.29 is 0 Å². The van der Waals surface area contributed by atoms with Crippen molar-refractivity contribution in [3.63, 3.8) is 0 Å². The fourth-order valence-corrected chi connectivity index (χ4v) is 2.96. The molecule has 0 unspecified atom stereocenters. The first-order valence-corrected chi connectivity index (χ1v) is 7.46. The number of aryl methyl sites for hydroxylation is 1. The number of rotatable bonds is 5. The van der Waals surface area contributed by atoms with Crippen LogP contribution >= 0.6 is 11.3 Å². The number of benzene rings is 1. The van der Waals surface area contributed by atoms with Crippen molar-refractivity contribution in [2.24, 2.45) is 0 Å². The minimum Gasteiger partial charge on any atom is -0.379 e. The Bertz CT molecular complexity index is 669. The van der Waals surface area contributed by atoms with Crippen LogP contribution < -0.4 is 5.32 Å². The van der Waals surface area contributed by atoms with E-state index in [4.69, 9.17) is 0 Å². The van der Waals surface area contributed by atoms with Crippen LogP contribution in [0.3, 0.4) is 0 Å². The van der Waals surface area contributed by atoms with E-state index in [2.05, 4.69) is 57.7 Å². The highest BCUT2D eigenvalue weighted by Gasteiger charge is 2.02. The lowest BCUT2D eigenvalue weighted by Gasteiger charge is -2.09. The molecule has 2 heterocycles. The third-order valence-electron chi connectivity index (χ3n) is 3.17. The molecule has 1 aromatic carbocycles. The lowest BCUT2D eigenvalue weighted by Crippen LogP contribution is -2.08. The molecule has 0 saturated carbocycles. The standard InChI is InChI=1S/C15H17N3S/c1-2-8-18-14(5-7-17-18)11-16-13-3-4-15-12(10-13)6-9-19-15/h3-7,9-10,16H,2,8,11H2,1H3. The minimum atomic E-state index is 0.815. The molecule has 1 N–H and O–H groups in total. The van der Waals surface area contributed by atoms with Crippen LogP contribution in [-0.2, 0) is 13.1 Å². The zero-order valence-corrected chi connectivity index (χ0v) is 11.8. The summed E-state index contributed by atoms with van der Waals surface area (Å²) in [6.07, 6.45) is 2.98. The number of nitrogens with zero attached hydrogens (tertiary/aromatic N) is 2. The maximum atomic E-state index is 4.34. The third-order valence-corrected chi connectivity index (χ3v) is 4.06. The molecule has 0 radical (unpaired) electrons. The van der Waals surface area contributed by atoms with Crippen LogP contribution in [0.1, 0.15) is 19.0 Å². The smallest absolute Gasteiger partial charge is 0.0575 e. The van der Waals surface area contributed by atoms with Gasteiger partial charge in [-0.05, 0) is 47.5 Å². The van der Waals surface area contributed by atoms with E-state index in [0.717, 1.165) is 25.2 Å². The molecule has 0 aliphatic heterocycles. The van der Waals surface area contributed by atoms with Gasteiger partial charge in [-0.25, -0.2) is 0 Å². The molecule has 3 rings (SSSR count). The van der Waals surface area contributed by atoms with Crippen LogP contribution in [0.25, 0.3) is 10.1 Å². The fourth-order valence-electron chi connectivity index (χ4n) is 2.19. The summed E-state index contributed by atoms with van der Waals surface area (Å²) in [6, 6.07) is 10.7. The Balaban J connectivity index is 1.72. The summed E-state index contributed by atoms with van der Waals surface area (Å²) in [7, 11) is 0. The lowest BCUT2D eigenvalue weighted by molar-refractivity contribution is 0.578. The molecule has 0 saturated heterocycles. The molecule has 3 aromatic rings. The Kier molecular flexibility index (Phi) is 3.51. The summed E-state index contributed by atoms with van der Waals surface area (Å²) in [5, 5.41) is 11.2. The van der Waals surface area contributed by atoms with E-state index in [1.54, 1.807) is 11.3 Å². The van der Waals surface area contributed by atoms with Gasteiger partial charge < -0.3 is 5.32 Å². The lowest BCUT2D eigenvalue weighted by atomic mass is 10.2. The number of aromatic nitrogens is 2. The van der Waals surface area contributed by atoms with Crippen molar-refractivity contribution in [3.8, 4) is 0 Å². The van der Waals surface area contributed by atoms with Crippen LogP contribution in [0.15, 0.2) is 41.9 Å². The fraction of sp³-hybridized carbons (Fsp3) is 0.267. The molecule has 0 aliphatic rings. The highest BCUT2D eigenvalue weighted by atomic mass is 32.1.